The van der Waals surface area contributed by atoms with Gasteiger partial charge in [-0.2, -0.15) is 0 Å². The van der Waals surface area contributed by atoms with E-state index in [1.807, 2.05) is 12.1 Å². The van der Waals surface area contributed by atoms with Gasteiger partial charge >= 0.3 is 0 Å². The fourth-order valence-electron chi connectivity index (χ4n) is 2.72. The molecule has 2 rings (SSSR count). The molecule has 1 fully saturated rings. The van der Waals surface area contributed by atoms with Crippen molar-refractivity contribution in [3.63, 3.8) is 0 Å². The van der Waals surface area contributed by atoms with E-state index in [9.17, 15) is 0 Å². The summed E-state index contributed by atoms with van der Waals surface area (Å²) in [6.07, 6.45) is 8.67. The van der Waals surface area contributed by atoms with Gasteiger partial charge in [0.25, 0.3) is 0 Å². The number of rotatable bonds is 6. The Labute approximate surface area is 139 Å². The molecule has 0 bridgehead atoms. The van der Waals surface area contributed by atoms with E-state index in [0.29, 0.717) is 19.2 Å². The summed E-state index contributed by atoms with van der Waals surface area (Å²) in [7, 11) is 1.75. The quantitative estimate of drug-likeness (QED) is 0.481. The summed E-state index contributed by atoms with van der Waals surface area (Å²) < 4.78 is 6.04. The van der Waals surface area contributed by atoms with E-state index >= 15 is 0 Å². The molecule has 1 aromatic rings. The number of aliphatic imine (C=N–C) groups is 1. The van der Waals surface area contributed by atoms with E-state index in [1.54, 1.807) is 19.3 Å². The lowest BCUT2D eigenvalue weighted by molar-refractivity contribution is 0.130. The van der Waals surface area contributed by atoms with Gasteiger partial charge in [0.15, 0.2) is 5.96 Å². The van der Waals surface area contributed by atoms with Crippen molar-refractivity contribution >= 4 is 5.96 Å². The second-order valence-corrected chi connectivity index (χ2v) is 6.10. The van der Waals surface area contributed by atoms with Crippen LogP contribution in [-0.4, -0.2) is 30.6 Å². The third kappa shape index (κ3) is 5.93. The first-order chi connectivity index (χ1) is 11.2. The number of guanidine groups is 1. The highest BCUT2D eigenvalue weighted by molar-refractivity contribution is 5.79. The topological polar surface area (TPSA) is 58.5 Å². The van der Waals surface area contributed by atoms with Crippen LogP contribution in [0.4, 0.5) is 0 Å². The third-order valence-electron chi connectivity index (χ3n) is 4.15. The van der Waals surface area contributed by atoms with Crippen molar-refractivity contribution in [2.45, 2.75) is 45.3 Å². The molecule has 1 heterocycles. The average Bonchev–Trinajstić information content (AvgIpc) is 2.57. The summed E-state index contributed by atoms with van der Waals surface area (Å²) in [6.45, 7) is 7.36. The van der Waals surface area contributed by atoms with Gasteiger partial charge in [-0.15, -0.1) is 6.58 Å². The van der Waals surface area contributed by atoms with Crippen LogP contribution < -0.4 is 15.4 Å². The van der Waals surface area contributed by atoms with Gasteiger partial charge < -0.3 is 15.4 Å². The molecule has 1 aromatic heterocycles. The van der Waals surface area contributed by atoms with Crippen LogP contribution in [0.2, 0.25) is 0 Å². The van der Waals surface area contributed by atoms with Crippen molar-refractivity contribution in [2.75, 3.05) is 13.6 Å². The van der Waals surface area contributed by atoms with Crippen molar-refractivity contribution in [3.8, 4) is 5.88 Å². The van der Waals surface area contributed by atoms with E-state index in [0.717, 1.165) is 36.2 Å². The number of pyridine rings is 1. The van der Waals surface area contributed by atoms with Crippen LogP contribution in [0.15, 0.2) is 36.0 Å². The molecule has 5 nitrogen and oxygen atoms in total. The molecule has 0 unspecified atom stereocenters. The van der Waals surface area contributed by atoms with E-state index in [2.05, 4.69) is 34.1 Å². The first-order valence-electron chi connectivity index (χ1n) is 8.38. The smallest absolute Gasteiger partial charge is 0.213 e. The highest BCUT2D eigenvalue weighted by Crippen LogP contribution is 2.26. The number of hydrogen-bond donors (Lipinski definition) is 2. The van der Waals surface area contributed by atoms with Crippen molar-refractivity contribution in [1.82, 2.24) is 15.6 Å². The molecule has 1 aliphatic rings. The predicted octanol–water partition coefficient (Wildman–Crippen LogP) is 2.89. The third-order valence-corrected chi connectivity index (χ3v) is 4.15. The fourth-order valence-corrected chi connectivity index (χ4v) is 2.72. The maximum absolute atomic E-state index is 6.04. The molecular formula is C18H28N4O. The standard InChI is InChI=1S/C18H28N4O/c1-4-10-21-18(19-3)22-13-15-9-11-20-17(12-15)23-16-7-5-14(2)6-8-16/h4,9,11-12,14,16H,1,5-8,10,13H2,2-3H3,(H2,19,21,22). The van der Waals surface area contributed by atoms with Gasteiger partial charge in [-0.25, -0.2) is 4.98 Å². The van der Waals surface area contributed by atoms with Gasteiger partial charge in [0.1, 0.15) is 6.10 Å². The molecular weight excluding hydrogens is 288 g/mol. The monoisotopic (exact) mass is 316 g/mol. The molecule has 0 amide bonds. The van der Waals surface area contributed by atoms with Gasteiger partial charge in [0.2, 0.25) is 5.88 Å². The fraction of sp³-hybridized carbons (Fsp3) is 0.556. The number of nitrogens with one attached hydrogen (secondary N) is 2. The zero-order valence-electron chi connectivity index (χ0n) is 14.2. The largest absolute Gasteiger partial charge is 0.474 e. The minimum Gasteiger partial charge on any atom is -0.474 e. The molecule has 0 saturated heterocycles. The molecule has 126 valence electrons. The first kappa shape index (κ1) is 17.3. The zero-order valence-corrected chi connectivity index (χ0v) is 14.2. The zero-order chi connectivity index (χ0) is 16.5. The van der Waals surface area contributed by atoms with Gasteiger partial charge in [0, 0.05) is 32.4 Å². The Morgan fingerprint density at radius 2 is 2.17 bits per heavy atom. The Morgan fingerprint density at radius 1 is 1.39 bits per heavy atom. The SMILES string of the molecule is C=CCNC(=NC)NCc1ccnc(OC2CCC(C)CC2)c1. The van der Waals surface area contributed by atoms with Crippen molar-refractivity contribution in [1.29, 1.82) is 0 Å². The number of nitrogens with zero attached hydrogens (tertiary/aromatic N) is 2. The number of hydrogen-bond acceptors (Lipinski definition) is 3. The van der Waals surface area contributed by atoms with Crippen LogP contribution in [-0.2, 0) is 6.54 Å². The van der Waals surface area contributed by atoms with Crippen molar-refractivity contribution in [2.24, 2.45) is 10.9 Å². The van der Waals surface area contributed by atoms with Gasteiger partial charge in [-0.3, -0.25) is 4.99 Å². The van der Waals surface area contributed by atoms with Crippen LogP contribution in [0.3, 0.4) is 0 Å². The normalized spacial score (nSPS) is 21.6. The Hall–Kier alpha value is -2.04. The molecule has 1 aliphatic carbocycles. The Kier molecular flexibility index (Phi) is 6.91. The summed E-state index contributed by atoms with van der Waals surface area (Å²) in [5.74, 6) is 2.30. The highest BCUT2D eigenvalue weighted by atomic mass is 16.5. The summed E-state index contributed by atoms with van der Waals surface area (Å²) in [5, 5.41) is 6.41. The van der Waals surface area contributed by atoms with Crippen LogP contribution in [0, 0.1) is 5.92 Å². The molecule has 0 aliphatic heterocycles. The molecule has 0 aromatic carbocycles. The molecule has 0 atom stereocenters. The Morgan fingerprint density at radius 3 is 2.87 bits per heavy atom. The molecule has 2 N–H and O–H groups in total. The van der Waals surface area contributed by atoms with Gasteiger partial charge in [-0.05, 0) is 43.2 Å². The maximum atomic E-state index is 6.04. The van der Waals surface area contributed by atoms with E-state index in [-0.39, 0.29) is 0 Å². The predicted molar refractivity (Wildman–Crippen MR) is 94.7 cm³/mol. The Balaban J connectivity index is 1.85. The van der Waals surface area contributed by atoms with Crippen molar-refractivity contribution in [3.05, 3.63) is 36.5 Å². The number of aromatic nitrogens is 1. The minimum atomic E-state index is 0.309. The second-order valence-electron chi connectivity index (χ2n) is 6.10. The maximum Gasteiger partial charge on any atom is 0.213 e. The summed E-state index contributed by atoms with van der Waals surface area (Å²) >= 11 is 0. The molecule has 5 heteroatoms. The number of ether oxygens (including phenoxy) is 1. The lowest BCUT2D eigenvalue weighted by atomic mass is 9.89. The minimum absolute atomic E-state index is 0.309. The van der Waals surface area contributed by atoms with E-state index in [4.69, 9.17) is 4.74 Å². The lowest BCUT2D eigenvalue weighted by Crippen LogP contribution is -2.36. The van der Waals surface area contributed by atoms with Crippen LogP contribution in [0.5, 0.6) is 5.88 Å². The Bertz CT molecular complexity index is 522. The van der Waals surface area contributed by atoms with Gasteiger partial charge in [-0.1, -0.05) is 13.0 Å². The van der Waals surface area contributed by atoms with E-state index < -0.39 is 0 Å². The first-order valence-corrected chi connectivity index (χ1v) is 8.38. The molecule has 23 heavy (non-hydrogen) atoms. The van der Waals surface area contributed by atoms with Crippen LogP contribution in [0.1, 0.15) is 38.2 Å². The highest BCUT2D eigenvalue weighted by Gasteiger charge is 2.19. The summed E-state index contributed by atoms with van der Waals surface area (Å²) in [4.78, 5) is 8.50. The molecule has 0 spiro atoms. The molecule has 1 saturated carbocycles. The lowest BCUT2D eigenvalue weighted by Gasteiger charge is -2.26. The average molecular weight is 316 g/mol. The summed E-state index contributed by atoms with van der Waals surface area (Å²) in [5.41, 5.74) is 1.13. The summed E-state index contributed by atoms with van der Waals surface area (Å²) in [6, 6.07) is 4.00. The van der Waals surface area contributed by atoms with Crippen molar-refractivity contribution < 1.29 is 4.74 Å². The molecule has 0 radical (unpaired) electrons. The van der Waals surface area contributed by atoms with Crippen LogP contribution in [0.25, 0.3) is 0 Å². The van der Waals surface area contributed by atoms with Gasteiger partial charge in [0.05, 0.1) is 0 Å². The van der Waals surface area contributed by atoms with E-state index in [1.165, 1.54) is 12.8 Å². The second kappa shape index (κ2) is 9.18. The van der Waals surface area contributed by atoms with Crippen LogP contribution >= 0.6 is 0 Å².